The van der Waals surface area contributed by atoms with E-state index in [2.05, 4.69) is 17.9 Å². The maximum absolute atomic E-state index is 11.3. The van der Waals surface area contributed by atoms with E-state index in [1.54, 1.807) is 14.2 Å². The molecule has 0 spiro atoms. The van der Waals surface area contributed by atoms with Crippen molar-refractivity contribution < 1.29 is 24.1 Å². The summed E-state index contributed by atoms with van der Waals surface area (Å²) in [7, 11) is 5.25. The van der Waals surface area contributed by atoms with Crippen LogP contribution in [0.5, 0.6) is 23.0 Å². The summed E-state index contributed by atoms with van der Waals surface area (Å²) in [5.74, 6) is 2.76. The molecule has 2 heterocycles. The van der Waals surface area contributed by atoms with Crippen LogP contribution in [0.2, 0.25) is 0 Å². The van der Waals surface area contributed by atoms with Gasteiger partial charge in [-0.3, -0.25) is 4.90 Å². The Bertz CT molecular complexity index is 859. The van der Waals surface area contributed by atoms with Gasteiger partial charge in [0, 0.05) is 6.04 Å². The van der Waals surface area contributed by atoms with E-state index < -0.39 is 6.10 Å². The van der Waals surface area contributed by atoms with Gasteiger partial charge in [-0.25, -0.2) is 0 Å². The minimum Gasteiger partial charge on any atom is -0.493 e. The Kier molecular flexibility index (Phi) is 5.93. The Hall–Kier alpha value is -2.15. The number of halogens is 1. The number of nitrogens with zero attached hydrogens (tertiary/aromatic N) is 1. The molecule has 2 aliphatic rings. The van der Waals surface area contributed by atoms with Gasteiger partial charge in [0.15, 0.2) is 23.0 Å². The molecular weight excluding hydrogens is 382 g/mol. The van der Waals surface area contributed by atoms with Gasteiger partial charge in [-0.2, -0.15) is 0 Å². The van der Waals surface area contributed by atoms with Crippen LogP contribution in [-0.4, -0.2) is 44.1 Å². The van der Waals surface area contributed by atoms with Crippen molar-refractivity contribution in [2.75, 3.05) is 28.1 Å². The van der Waals surface area contributed by atoms with Crippen LogP contribution in [0.15, 0.2) is 30.3 Å². The zero-order valence-corrected chi connectivity index (χ0v) is 17.3. The number of rotatable bonds is 4. The molecule has 3 unspecified atom stereocenters. The van der Waals surface area contributed by atoms with Crippen molar-refractivity contribution in [2.24, 2.45) is 0 Å². The van der Waals surface area contributed by atoms with E-state index in [0.717, 1.165) is 29.0 Å². The molecule has 0 radical (unpaired) electrons. The fourth-order valence-electron chi connectivity index (χ4n) is 4.02. The molecule has 0 aromatic heterocycles. The Balaban J connectivity index is 0.00000225. The van der Waals surface area contributed by atoms with E-state index in [0.29, 0.717) is 11.5 Å². The van der Waals surface area contributed by atoms with Gasteiger partial charge in [0.2, 0.25) is 6.79 Å². The molecule has 3 atom stereocenters. The number of benzene rings is 2. The summed E-state index contributed by atoms with van der Waals surface area (Å²) in [6.45, 7) is 2.41. The van der Waals surface area contributed by atoms with Crippen molar-refractivity contribution in [3.05, 3.63) is 47.0 Å². The van der Waals surface area contributed by atoms with Gasteiger partial charge in [0.25, 0.3) is 0 Å². The molecule has 28 heavy (non-hydrogen) atoms. The SMILES string of the molecule is COc1ccc(C(O)C2c3cc4c(cc3CC(C)N2C)OCO4)cc1OC.Cl. The molecule has 7 heteroatoms. The van der Waals surface area contributed by atoms with E-state index in [1.165, 1.54) is 5.56 Å². The standard InChI is InChI=1S/C21H25NO5.ClH/c1-12-7-14-9-18-19(27-11-26-18)10-15(14)20(22(12)2)21(23)13-5-6-16(24-3)17(8-13)25-4;/h5-6,8-10,12,20-21,23H,7,11H2,1-4H3;1H. The van der Waals surface area contributed by atoms with E-state index in [4.69, 9.17) is 18.9 Å². The smallest absolute Gasteiger partial charge is 0.231 e. The molecule has 4 rings (SSSR count). The first-order valence-electron chi connectivity index (χ1n) is 9.07. The van der Waals surface area contributed by atoms with Crippen molar-refractivity contribution in [2.45, 2.75) is 31.5 Å². The monoisotopic (exact) mass is 407 g/mol. The Morgan fingerprint density at radius 3 is 2.43 bits per heavy atom. The molecule has 2 aromatic carbocycles. The predicted molar refractivity (Wildman–Crippen MR) is 108 cm³/mol. The average molecular weight is 408 g/mol. The third-order valence-corrected chi connectivity index (χ3v) is 5.65. The number of hydrogen-bond donors (Lipinski definition) is 1. The third kappa shape index (κ3) is 3.36. The van der Waals surface area contributed by atoms with Crippen LogP contribution in [0.25, 0.3) is 0 Å². The van der Waals surface area contributed by atoms with Crippen LogP contribution in [0.1, 0.15) is 35.8 Å². The Morgan fingerprint density at radius 1 is 1.07 bits per heavy atom. The fourth-order valence-corrected chi connectivity index (χ4v) is 4.02. The van der Waals surface area contributed by atoms with Crippen molar-refractivity contribution in [1.29, 1.82) is 0 Å². The number of fused-ring (bicyclic) bond motifs is 2. The number of likely N-dealkylation sites (N-methyl/N-ethyl adjacent to an activating group) is 1. The van der Waals surface area contributed by atoms with Gasteiger partial charge in [0.1, 0.15) is 0 Å². The third-order valence-electron chi connectivity index (χ3n) is 5.65. The van der Waals surface area contributed by atoms with Crippen molar-refractivity contribution in [3.8, 4) is 23.0 Å². The van der Waals surface area contributed by atoms with Crippen molar-refractivity contribution >= 4 is 12.4 Å². The van der Waals surface area contributed by atoms with Crippen molar-refractivity contribution in [3.63, 3.8) is 0 Å². The minimum atomic E-state index is -0.725. The highest BCUT2D eigenvalue weighted by Crippen LogP contribution is 2.46. The van der Waals surface area contributed by atoms with Gasteiger partial charge in [-0.15, -0.1) is 12.4 Å². The second-order valence-corrected chi connectivity index (χ2v) is 7.13. The van der Waals surface area contributed by atoms with E-state index >= 15 is 0 Å². The first-order valence-corrected chi connectivity index (χ1v) is 9.07. The first-order chi connectivity index (χ1) is 13.0. The van der Waals surface area contributed by atoms with Gasteiger partial charge in [0.05, 0.1) is 26.4 Å². The highest BCUT2D eigenvalue weighted by Gasteiger charge is 2.37. The maximum atomic E-state index is 11.3. The van der Waals surface area contributed by atoms with E-state index in [1.807, 2.05) is 31.3 Å². The number of aliphatic hydroxyl groups is 1. The second kappa shape index (κ2) is 8.07. The first kappa shape index (κ1) is 20.6. The molecule has 0 aliphatic carbocycles. The summed E-state index contributed by atoms with van der Waals surface area (Å²) in [6.07, 6.45) is 0.175. The number of methoxy groups -OCH3 is 2. The average Bonchev–Trinajstić information content (AvgIpc) is 3.13. The molecule has 0 saturated carbocycles. The summed E-state index contributed by atoms with van der Waals surface area (Å²) in [4.78, 5) is 2.21. The molecule has 0 amide bonds. The molecular formula is C21H26ClNO5. The largest absolute Gasteiger partial charge is 0.493 e. The summed E-state index contributed by atoms with van der Waals surface area (Å²) in [5.41, 5.74) is 3.04. The molecule has 152 valence electrons. The molecule has 1 N–H and O–H groups in total. The summed E-state index contributed by atoms with van der Waals surface area (Å²) in [5, 5.41) is 11.3. The van der Waals surface area contributed by atoms with Crippen LogP contribution in [0.4, 0.5) is 0 Å². The predicted octanol–water partition coefficient (Wildman–Crippen LogP) is 3.51. The Labute approximate surface area is 171 Å². The molecule has 0 bridgehead atoms. The number of aliphatic hydroxyl groups excluding tert-OH is 1. The molecule has 0 fully saturated rings. The Morgan fingerprint density at radius 2 is 1.75 bits per heavy atom. The molecule has 2 aliphatic heterocycles. The normalized spacial score (nSPS) is 21.5. The highest BCUT2D eigenvalue weighted by molar-refractivity contribution is 5.85. The quantitative estimate of drug-likeness (QED) is 0.837. The topological polar surface area (TPSA) is 60.4 Å². The van der Waals surface area contributed by atoms with E-state index in [9.17, 15) is 5.11 Å². The molecule has 6 nitrogen and oxygen atoms in total. The van der Waals surface area contributed by atoms with Crippen molar-refractivity contribution in [1.82, 2.24) is 4.90 Å². The summed E-state index contributed by atoms with van der Waals surface area (Å²) >= 11 is 0. The summed E-state index contributed by atoms with van der Waals surface area (Å²) in [6, 6.07) is 9.69. The van der Waals surface area contributed by atoms with Gasteiger partial charge < -0.3 is 24.1 Å². The van der Waals surface area contributed by atoms with Crippen LogP contribution >= 0.6 is 12.4 Å². The number of ether oxygens (including phenoxy) is 4. The molecule has 0 saturated heterocycles. The lowest BCUT2D eigenvalue weighted by Crippen LogP contribution is -2.41. The lowest BCUT2D eigenvalue weighted by molar-refractivity contribution is 0.0337. The minimum absolute atomic E-state index is 0. The van der Waals surface area contributed by atoms with Gasteiger partial charge >= 0.3 is 0 Å². The summed E-state index contributed by atoms with van der Waals surface area (Å²) < 4.78 is 21.8. The molecule has 2 aromatic rings. The number of hydrogen-bond acceptors (Lipinski definition) is 6. The second-order valence-electron chi connectivity index (χ2n) is 7.13. The zero-order chi connectivity index (χ0) is 19.1. The zero-order valence-electron chi connectivity index (χ0n) is 16.5. The van der Waals surface area contributed by atoms with Crippen LogP contribution in [-0.2, 0) is 6.42 Å². The van der Waals surface area contributed by atoms with E-state index in [-0.39, 0.29) is 31.3 Å². The fraction of sp³-hybridized carbons (Fsp3) is 0.429. The van der Waals surface area contributed by atoms with Gasteiger partial charge in [-0.05, 0) is 61.3 Å². The maximum Gasteiger partial charge on any atom is 0.231 e. The highest BCUT2D eigenvalue weighted by atomic mass is 35.5. The van der Waals surface area contributed by atoms with Crippen LogP contribution in [0.3, 0.4) is 0 Å². The van der Waals surface area contributed by atoms with Crippen LogP contribution in [0, 0.1) is 0 Å². The lowest BCUT2D eigenvalue weighted by atomic mass is 9.84. The van der Waals surface area contributed by atoms with Crippen LogP contribution < -0.4 is 18.9 Å². The lowest BCUT2D eigenvalue weighted by Gasteiger charge is -2.42. The van der Waals surface area contributed by atoms with Gasteiger partial charge in [-0.1, -0.05) is 6.07 Å².